The molecule has 0 aliphatic carbocycles. The molecule has 7 heteroatoms. The van der Waals surface area contributed by atoms with Gasteiger partial charge < -0.3 is 28.8 Å². The highest BCUT2D eigenvalue weighted by molar-refractivity contribution is 5.46. The fourth-order valence-corrected chi connectivity index (χ4v) is 2.75. The molecule has 0 spiro atoms. The third-order valence-corrected chi connectivity index (χ3v) is 3.83. The highest BCUT2D eigenvalue weighted by Crippen LogP contribution is 2.35. The minimum Gasteiger partial charge on any atom is -0.491 e. The average Bonchev–Trinajstić information content (AvgIpc) is 3.01. The number of aliphatic hydroxyl groups is 1. The van der Waals surface area contributed by atoms with Crippen LogP contribution in [0.2, 0.25) is 0 Å². The minimum atomic E-state index is -0.478. The maximum atomic E-state index is 9.82. The molecule has 0 unspecified atom stereocenters. The van der Waals surface area contributed by atoms with E-state index in [4.69, 9.17) is 23.7 Å². The number of hydrogen-bond donors (Lipinski definition) is 1. The third kappa shape index (κ3) is 4.48. The van der Waals surface area contributed by atoms with Crippen LogP contribution in [0.3, 0.4) is 0 Å². The lowest BCUT2D eigenvalue weighted by atomic mass is 10.2. The number of hydrogen-bond acceptors (Lipinski definition) is 7. The molecule has 23 heavy (non-hydrogen) atoms. The zero-order chi connectivity index (χ0) is 16.1. The SMILES string of the molecule is COC[C@H](O)CN1CCO[C@H](COc2ccc3c(c2)OCO3)C1. The standard InChI is InChI=1S/C16H23NO6/c1-19-9-12(18)7-17-4-5-20-14(8-17)10-21-13-2-3-15-16(6-13)23-11-22-15/h2-3,6,12,14,18H,4-5,7-11H2,1H3/t12-,14+/m1/s1. The first-order valence-electron chi connectivity index (χ1n) is 7.78. The fraction of sp³-hybridized carbons (Fsp3) is 0.625. The molecule has 1 saturated heterocycles. The van der Waals surface area contributed by atoms with Gasteiger partial charge in [-0.15, -0.1) is 0 Å². The van der Waals surface area contributed by atoms with Crippen LogP contribution in [0.25, 0.3) is 0 Å². The number of ether oxygens (including phenoxy) is 5. The second kappa shape index (κ2) is 7.83. The summed E-state index contributed by atoms with van der Waals surface area (Å²) in [5.74, 6) is 2.18. The maximum Gasteiger partial charge on any atom is 0.231 e. The van der Waals surface area contributed by atoms with Crippen LogP contribution in [-0.4, -0.2) is 75.6 Å². The van der Waals surface area contributed by atoms with Crippen LogP contribution in [0.4, 0.5) is 0 Å². The summed E-state index contributed by atoms with van der Waals surface area (Å²) in [7, 11) is 1.59. The Bertz CT molecular complexity index is 511. The summed E-state index contributed by atoms with van der Waals surface area (Å²) >= 11 is 0. The topological polar surface area (TPSA) is 69.6 Å². The first kappa shape index (κ1) is 16.3. The first-order valence-corrected chi connectivity index (χ1v) is 7.78. The van der Waals surface area contributed by atoms with Gasteiger partial charge >= 0.3 is 0 Å². The predicted molar refractivity (Wildman–Crippen MR) is 82.1 cm³/mol. The molecular weight excluding hydrogens is 302 g/mol. The van der Waals surface area contributed by atoms with Gasteiger partial charge in [0, 0.05) is 32.8 Å². The van der Waals surface area contributed by atoms with E-state index in [1.807, 2.05) is 18.2 Å². The van der Waals surface area contributed by atoms with E-state index >= 15 is 0 Å². The summed E-state index contributed by atoms with van der Waals surface area (Å²) < 4.78 is 27.1. The van der Waals surface area contributed by atoms with Gasteiger partial charge in [0.2, 0.25) is 6.79 Å². The molecule has 2 heterocycles. The summed E-state index contributed by atoms with van der Waals surface area (Å²) in [6, 6.07) is 5.52. The number of methoxy groups -OCH3 is 1. The van der Waals surface area contributed by atoms with E-state index in [2.05, 4.69) is 4.90 Å². The molecule has 1 N–H and O–H groups in total. The van der Waals surface area contributed by atoms with Crippen molar-refractivity contribution >= 4 is 0 Å². The van der Waals surface area contributed by atoms with Crippen LogP contribution in [0.5, 0.6) is 17.2 Å². The normalized spacial score (nSPS) is 22.1. The third-order valence-electron chi connectivity index (χ3n) is 3.83. The Hall–Kier alpha value is -1.54. The lowest BCUT2D eigenvalue weighted by Crippen LogP contribution is -2.48. The number of morpholine rings is 1. The van der Waals surface area contributed by atoms with Crippen LogP contribution >= 0.6 is 0 Å². The van der Waals surface area contributed by atoms with E-state index in [-0.39, 0.29) is 12.9 Å². The first-order chi connectivity index (χ1) is 11.2. The van der Waals surface area contributed by atoms with Gasteiger partial charge in [0.1, 0.15) is 18.5 Å². The zero-order valence-electron chi connectivity index (χ0n) is 13.3. The lowest BCUT2D eigenvalue weighted by Gasteiger charge is -2.33. The van der Waals surface area contributed by atoms with Crippen LogP contribution in [0.1, 0.15) is 0 Å². The van der Waals surface area contributed by atoms with E-state index < -0.39 is 6.10 Å². The van der Waals surface area contributed by atoms with Crippen LogP contribution in [-0.2, 0) is 9.47 Å². The van der Waals surface area contributed by atoms with Crippen molar-refractivity contribution < 1.29 is 28.8 Å². The molecule has 1 fully saturated rings. The smallest absolute Gasteiger partial charge is 0.231 e. The monoisotopic (exact) mass is 325 g/mol. The van der Waals surface area contributed by atoms with Gasteiger partial charge in [0.25, 0.3) is 0 Å². The molecule has 0 aromatic heterocycles. The van der Waals surface area contributed by atoms with Crippen molar-refractivity contribution in [3.8, 4) is 17.2 Å². The van der Waals surface area contributed by atoms with E-state index in [1.165, 1.54) is 0 Å². The number of fused-ring (bicyclic) bond motifs is 1. The Morgan fingerprint density at radius 3 is 3.09 bits per heavy atom. The Labute approximate surface area is 135 Å². The molecule has 0 amide bonds. The second-order valence-electron chi connectivity index (χ2n) is 5.69. The van der Waals surface area contributed by atoms with Gasteiger partial charge in [0.15, 0.2) is 11.5 Å². The molecule has 1 aromatic rings. The van der Waals surface area contributed by atoms with Crippen molar-refractivity contribution in [2.45, 2.75) is 12.2 Å². The minimum absolute atomic E-state index is 0.0242. The number of rotatable bonds is 7. The van der Waals surface area contributed by atoms with Crippen LogP contribution in [0.15, 0.2) is 18.2 Å². The maximum absolute atomic E-state index is 9.82. The molecule has 1 aromatic carbocycles. The Balaban J connectivity index is 1.46. The lowest BCUT2D eigenvalue weighted by molar-refractivity contribution is -0.0626. The quantitative estimate of drug-likeness (QED) is 0.783. The van der Waals surface area contributed by atoms with Crippen LogP contribution < -0.4 is 14.2 Å². The number of benzene rings is 1. The van der Waals surface area contributed by atoms with Crippen molar-refractivity contribution in [2.24, 2.45) is 0 Å². The second-order valence-corrected chi connectivity index (χ2v) is 5.69. The van der Waals surface area contributed by atoms with Gasteiger partial charge in [-0.3, -0.25) is 4.90 Å². The fourth-order valence-electron chi connectivity index (χ4n) is 2.75. The summed E-state index contributed by atoms with van der Waals surface area (Å²) in [6.45, 7) is 3.80. The van der Waals surface area contributed by atoms with Gasteiger partial charge in [-0.1, -0.05) is 0 Å². The molecule has 2 atom stereocenters. The van der Waals surface area contributed by atoms with Crippen molar-refractivity contribution in [1.82, 2.24) is 4.90 Å². The largest absolute Gasteiger partial charge is 0.491 e. The zero-order valence-corrected chi connectivity index (χ0v) is 13.3. The van der Waals surface area contributed by atoms with Crippen molar-refractivity contribution in [1.29, 1.82) is 0 Å². The van der Waals surface area contributed by atoms with Crippen molar-refractivity contribution in [3.63, 3.8) is 0 Å². The van der Waals surface area contributed by atoms with E-state index in [9.17, 15) is 5.11 Å². The number of nitrogens with zero attached hydrogens (tertiary/aromatic N) is 1. The molecule has 128 valence electrons. The highest BCUT2D eigenvalue weighted by Gasteiger charge is 2.23. The Morgan fingerprint density at radius 2 is 2.22 bits per heavy atom. The Morgan fingerprint density at radius 1 is 1.35 bits per heavy atom. The molecule has 2 aliphatic rings. The molecular formula is C16H23NO6. The van der Waals surface area contributed by atoms with Crippen molar-refractivity contribution in [3.05, 3.63) is 18.2 Å². The van der Waals surface area contributed by atoms with Crippen LogP contribution in [0, 0.1) is 0 Å². The average molecular weight is 325 g/mol. The molecule has 7 nitrogen and oxygen atoms in total. The summed E-state index contributed by atoms with van der Waals surface area (Å²) in [5.41, 5.74) is 0. The van der Waals surface area contributed by atoms with E-state index in [1.54, 1.807) is 7.11 Å². The number of aliphatic hydroxyl groups excluding tert-OH is 1. The van der Waals surface area contributed by atoms with Gasteiger partial charge in [-0.2, -0.15) is 0 Å². The molecule has 0 bridgehead atoms. The van der Waals surface area contributed by atoms with E-state index in [0.29, 0.717) is 32.1 Å². The molecule has 2 aliphatic heterocycles. The summed E-state index contributed by atoms with van der Waals surface area (Å²) in [4.78, 5) is 2.17. The van der Waals surface area contributed by atoms with E-state index in [0.717, 1.165) is 24.6 Å². The van der Waals surface area contributed by atoms with Gasteiger partial charge in [-0.05, 0) is 12.1 Å². The summed E-state index contributed by atoms with van der Waals surface area (Å²) in [5, 5.41) is 9.82. The van der Waals surface area contributed by atoms with Gasteiger partial charge in [-0.25, -0.2) is 0 Å². The Kier molecular flexibility index (Phi) is 5.56. The predicted octanol–water partition coefficient (Wildman–Crippen LogP) is 0.502. The highest BCUT2D eigenvalue weighted by atomic mass is 16.7. The van der Waals surface area contributed by atoms with Gasteiger partial charge in [0.05, 0.1) is 19.3 Å². The summed E-state index contributed by atoms with van der Waals surface area (Å²) in [6.07, 6.45) is -0.502. The molecule has 3 rings (SSSR count). The molecule has 0 radical (unpaired) electrons. The number of β-amino-alcohol motifs (C(OH)–C–C–N with tert-alkyl or cyclic N) is 1. The van der Waals surface area contributed by atoms with Crippen molar-refractivity contribution in [2.75, 3.05) is 53.4 Å². The molecule has 0 saturated carbocycles.